The lowest BCUT2D eigenvalue weighted by Crippen LogP contribution is -2.22. The van der Waals surface area contributed by atoms with E-state index in [4.69, 9.17) is 9.47 Å². The second-order valence-electron chi connectivity index (χ2n) is 5.78. The molecule has 1 atom stereocenters. The van der Waals surface area contributed by atoms with E-state index in [1.165, 1.54) is 6.08 Å². The van der Waals surface area contributed by atoms with Gasteiger partial charge in [0.05, 0.1) is 6.10 Å². The Bertz CT molecular complexity index is 469. The lowest BCUT2D eigenvalue weighted by molar-refractivity contribution is -0.148. The number of ether oxygens (including phenoxy) is 2. The second kappa shape index (κ2) is 7.13. The van der Waals surface area contributed by atoms with Gasteiger partial charge in [0.15, 0.2) is 0 Å². The van der Waals surface area contributed by atoms with E-state index in [0.717, 1.165) is 17.7 Å². The van der Waals surface area contributed by atoms with E-state index >= 15 is 0 Å². The maximum atomic E-state index is 11.6. The summed E-state index contributed by atoms with van der Waals surface area (Å²) >= 11 is 0. The van der Waals surface area contributed by atoms with Crippen LogP contribution in [0.2, 0.25) is 0 Å². The van der Waals surface area contributed by atoms with Crippen LogP contribution in [0.5, 0.6) is 5.75 Å². The molecule has 0 N–H and O–H groups in total. The van der Waals surface area contributed by atoms with Crippen molar-refractivity contribution in [1.82, 2.24) is 0 Å². The molecule has 0 saturated heterocycles. The molecule has 1 rings (SSSR count). The third-order valence-corrected chi connectivity index (χ3v) is 2.59. The molecule has 0 saturated carbocycles. The summed E-state index contributed by atoms with van der Waals surface area (Å²) in [6, 6.07) is 7.65. The lowest BCUT2D eigenvalue weighted by Gasteiger charge is -2.17. The Morgan fingerprint density at radius 1 is 1.35 bits per heavy atom. The van der Waals surface area contributed by atoms with Gasteiger partial charge < -0.3 is 9.47 Å². The first-order valence-corrected chi connectivity index (χ1v) is 6.98. The fourth-order valence-electron chi connectivity index (χ4n) is 1.51. The molecule has 110 valence electrons. The van der Waals surface area contributed by atoms with Gasteiger partial charge in [0.25, 0.3) is 0 Å². The number of hydrogen-bond donors (Lipinski definition) is 0. The molecule has 1 aromatic carbocycles. The molecule has 0 radical (unpaired) electrons. The highest BCUT2D eigenvalue weighted by Gasteiger charge is 2.13. The first kappa shape index (κ1) is 16.3. The molecule has 0 spiro atoms. The van der Waals surface area contributed by atoms with Gasteiger partial charge in [-0.2, -0.15) is 0 Å². The zero-order valence-corrected chi connectivity index (χ0v) is 13.0. The van der Waals surface area contributed by atoms with Gasteiger partial charge in [-0.25, -0.2) is 4.79 Å². The fraction of sp³-hybridized carbons (Fsp3) is 0.471. The molecular formula is C17H24O3. The first-order chi connectivity index (χ1) is 9.30. The van der Waals surface area contributed by atoms with Gasteiger partial charge in [0, 0.05) is 6.08 Å². The second-order valence-corrected chi connectivity index (χ2v) is 5.78. The van der Waals surface area contributed by atoms with E-state index in [2.05, 4.69) is 6.92 Å². The average molecular weight is 276 g/mol. The summed E-state index contributed by atoms with van der Waals surface area (Å²) in [6.07, 6.45) is 4.31. The van der Waals surface area contributed by atoms with Crippen molar-refractivity contribution >= 4 is 12.0 Å². The number of carbonyl (C=O) groups excluding carboxylic acids is 1. The van der Waals surface area contributed by atoms with Crippen LogP contribution < -0.4 is 4.74 Å². The topological polar surface area (TPSA) is 35.5 Å². The minimum atomic E-state index is -0.469. The maximum Gasteiger partial charge on any atom is 0.331 e. The van der Waals surface area contributed by atoms with Crippen LogP contribution in [0.25, 0.3) is 6.08 Å². The molecule has 0 aliphatic heterocycles. The van der Waals surface area contributed by atoms with E-state index in [-0.39, 0.29) is 12.1 Å². The van der Waals surface area contributed by atoms with Crippen molar-refractivity contribution < 1.29 is 14.3 Å². The van der Waals surface area contributed by atoms with Gasteiger partial charge in [-0.1, -0.05) is 19.1 Å². The molecule has 0 heterocycles. The van der Waals surface area contributed by atoms with E-state index < -0.39 is 5.60 Å². The zero-order chi connectivity index (χ0) is 15.2. The smallest absolute Gasteiger partial charge is 0.331 e. The van der Waals surface area contributed by atoms with Crippen molar-refractivity contribution in [1.29, 1.82) is 0 Å². The molecule has 3 nitrogen and oxygen atoms in total. The van der Waals surface area contributed by atoms with E-state index in [1.807, 2.05) is 52.0 Å². The molecule has 0 aromatic heterocycles. The number of rotatable bonds is 5. The Hall–Kier alpha value is -1.77. The van der Waals surface area contributed by atoms with E-state index in [9.17, 15) is 4.79 Å². The summed E-state index contributed by atoms with van der Waals surface area (Å²) in [5.41, 5.74) is 0.444. The predicted octanol–water partition coefficient (Wildman–Crippen LogP) is 4.22. The fourth-order valence-corrected chi connectivity index (χ4v) is 1.51. The molecule has 0 amide bonds. The van der Waals surface area contributed by atoms with Gasteiger partial charge in [-0.15, -0.1) is 0 Å². The third kappa shape index (κ3) is 6.41. The van der Waals surface area contributed by atoms with Crippen LogP contribution in [0.15, 0.2) is 30.3 Å². The Balaban J connectivity index is 2.68. The Morgan fingerprint density at radius 3 is 2.65 bits per heavy atom. The Kier molecular flexibility index (Phi) is 5.81. The Morgan fingerprint density at radius 2 is 2.05 bits per heavy atom. The maximum absolute atomic E-state index is 11.6. The quantitative estimate of drug-likeness (QED) is 0.596. The van der Waals surface area contributed by atoms with Crippen molar-refractivity contribution in [2.45, 2.75) is 52.7 Å². The average Bonchev–Trinajstić information content (AvgIpc) is 2.34. The van der Waals surface area contributed by atoms with Crippen LogP contribution in [0.1, 0.15) is 46.6 Å². The molecule has 0 aliphatic carbocycles. The molecule has 1 aromatic rings. The summed E-state index contributed by atoms with van der Waals surface area (Å²) in [7, 11) is 0. The first-order valence-electron chi connectivity index (χ1n) is 6.98. The molecule has 1 unspecified atom stereocenters. The van der Waals surface area contributed by atoms with Gasteiger partial charge >= 0.3 is 5.97 Å². The molecule has 0 bridgehead atoms. The van der Waals surface area contributed by atoms with Crippen LogP contribution in [0.3, 0.4) is 0 Å². The third-order valence-electron chi connectivity index (χ3n) is 2.59. The van der Waals surface area contributed by atoms with Crippen molar-refractivity contribution in [2.24, 2.45) is 0 Å². The highest BCUT2D eigenvalue weighted by molar-refractivity contribution is 5.87. The van der Waals surface area contributed by atoms with Crippen LogP contribution in [-0.2, 0) is 9.53 Å². The van der Waals surface area contributed by atoms with Gasteiger partial charge in [-0.05, 0) is 57.9 Å². The van der Waals surface area contributed by atoms with E-state index in [1.54, 1.807) is 6.08 Å². The summed E-state index contributed by atoms with van der Waals surface area (Å²) < 4.78 is 11.0. The predicted molar refractivity (Wildman–Crippen MR) is 81.7 cm³/mol. The highest BCUT2D eigenvalue weighted by Crippen LogP contribution is 2.17. The number of carbonyl (C=O) groups is 1. The van der Waals surface area contributed by atoms with Crippen molar-refractivity contribution in [3.05, 3.63) is 35.9 Å². The summed E-state index contributed by atoms with van der Waals surface area (Å²) in [5.74, 6) is 0.469. The summed E-state index contributed by atoms with van der Waals surface area (Å²) in [6.45, 7) is 9.65. The normalized spacial score (nSPS) is 13.2. The number of esters is 1. The van der Waals surface area contributed by atoms with Crippen molar-refractivity contribution in [3.63, 3.8) is 0 Å². The van der Waals surface area contributed by atoms with Crippen LogP contribution in [-0.4, -0.2) is 17.7 Å². The number of hydrogen-bond acceptors (Lipinski definition) is 3. The van der Waals surface area contributed by atoms with Crippen LogP contribution >= 0.6 is 0 Å². The molecule has 0 fully saturated rings. The molecule has 20 heavy (non-hydrogen) atoms. The van der Waals surface area contributed by atoms with Gasteiger partial charge in [0.1, 0.15) is 11.4 Å². The van der Waals surface area contributed by atoms with E-state index in [0.29, 0.717) is 0 Å². The minimum Gasteiger partial charge on any atom is -0.491 e. The van der Waals surface area contributed by atoms with Crippen molar-refractivity contribution in [2.75, 3.05) is 0 Å². The summed E-state index contributed by atoms with van der Waals surface area (Å²) in [5, 5.41) is 0. The highest BCUT2D eigenvalue weighted by atomic mass is 16.6. The SMILES string of the molecule is CCC(C)Oc1cccc(/C=C/C(=O)OC(C)(C)C)c1. The van der Waals surface area contributed by atoms with Gasteiger partial charge in [0.2, 0.25) is 0 Å². The zero-order valence-electron chi connectivity index (χ0n) is 13.0. The summed E-state index contributed by atoms with van der Waals surface area (Å²) in [4.78, 5) is 11.6. The van der Waals surface area contributed by atoms with Crippen LogP contribution in [0.4, 0.5) is 0 Å². The minimum absolute atomic E-state index is 0.181. The Labute approximate surface area is 121 Å². The van der Waals surface area contributed by atoms with Crippen molar-refractivity contribution in [3.8, 4) is 5.75 Å². The lowest BCUT2D eigenvalue weighted by atomic mass is 10.2. The monoisotopic (exact) mass is 276 g/mol. The van der Waals surface area contributed by atoms with Gasteiger partial charge in [-0.3, -0.25) is 0 Å². The van der Waals surface area contributed by atoms with Crippen LogP contribution in [0, 0.1) is 0 Å². The molecule has 0 aliphatic rings. The number of benzene rings is 1. The molecule has 3 heteroatoms. The largest absolute Gasteiger partial charge is 0.491 e. The molecular weight excluding hydrogens is 252 g/mol. The standard InChI is InChI=1S/C17H24O3/c1-6-13(2)19-15-9-7-8-14(12-15)10-11-16(18)20-17(3,4)5/h7-13H,6H2,1-5H3/b11-10+.